The highest BCUT2D eigenvalue weighted by molar-refractivity contribution is 5.89. The van der Waals surface area contributed by atoms with E-state index in [4.69, 9.17) is 0 Å². The number of halogens is 6. The van der Waals surface area contributed by atoms with Crippen molar-refractivity contribution in [3.63, 3.8) is 0 Å². The molecule has 1 fully saturated rings. The first-order valence-electron chi connectivity index (χ1n) is 10.6. The van der Waals surface area contributed by atoms with E-state index in [1.165, 1.54) is 25.3 Å². The van der Waals surface area contributed by atoms with Gasteiger partial charge in [0, 0.05) is 10.9 Å². The fourth-order valence-corrected chi connectivity index (χ4v) is 4.62. The van der Waals surface area contributed by atoms with Crippen molar-refractivity contribution in [1.82, 2.24) is 0 Å². The maximum atomic E-state index is 15.2. The summed E-state index contributed by atoms with van der Waals surface area (Å²) in [5.41, 5.74) is 0.825. The van der Waals surface area contributed by atoms with Crippen LogP contribution in [0.3, 0.4) is 0 Å². The van der Waals surface area contributed by atoms with Crippen LogP contribution in [-0.2, 0) is 0 Å². The number of alkyl halides is 3. The third-order valence-electron chi connectivity index (χ3n) is 6.40. The molecule has 7 heteroatoms. The first-order valence-corrected chi connectivity index (χ1v) is 10.6. The van der Waals surface area contributed by atoms with Crippen LogP contribution >= 0.6 is 0 Å². The van der Waals surface area contributed by atoms with E-state index in [2.05, 4.69) is 11.7 Å². The Morgan fingerprint density at radius 3 is 2.12 bits per heavy atom. The summed E-state index contributed by atoms with van der Waals surface area (Å²) in [7, 11) is 0. The minimum absolute atomic E-state index is 0.106. The van der Waals surface area contributed by atoms with Crippen molar-refractivity contribution < 1.29 is 31.1 Å². The largest absolute Gasteiger partial charge is 0.573 e. The van der Waals surface area contributed by atoms with Crippen LogP contribution in [0.1, 0.15) is 50.5 Å². The number of rotatable bonds is 4. The van der Waals surface area contributed by atoms with Gasteiger partial charge in [0.15, 0.2) is 11.6 Å². The Hall–Kier alpha value is -2.70. The van der Waals surface area contributed by atoms with E-state index in [1.807, 2.05) is 12.1 Å². The lowest BCUT2D eigenvalue weighted by atomic mass is 9.77. The van der Waals surface area contributed by atoms with Crippen molar-refractivity contribution in [2.75, 3.05) is 0 Å². The van der Waals surface area contributed by atoms with E-state index < -0.39 is 29.6 Å². The Morgan fingerprint density at radius 1 is 0.875 bits per heavy atom. The van der Waals surface area contributed by atoms with Crippen LogP contribution in [0, 0.1) is 23.4 Å². The smallest absolute Gasteiger partial charge is 0.399 e. The van der Waals surface area contributed by atoms with Crippen LogP contribution in [0.15, 0.2) is 42.5 Å². The summed E-state index contributed by atoms with van der Waals surface area (Å²) in [5.74, 6) is -4.18. The number of fused-ring (bicyclic) bond motifs is 1. The second-order valence-corrected chi connectivity index (χ2v) is 8.35. The first kappa shape index (κ1) is 22.5. The van der Waals surface area contributed by atoms with Gasteiger partial charge >= 0.3 is 6.36 Å². The van der Waals surface area contributed by atoms with Gasteiger partial charge in [-0.1, -0.05) is 43.7 Å². The molecule has 3 aromatic carbocycles. The average molecular weight is 452 g/mol. The molecule has 0 heterocycles. The van der Waals surface area contributed by atoms with Gasteiger partial charge in [0.1, 0.15) is 5.82 Å². The summed E-state index contributed by atoms with van der Waals surface area (Å²) in [6.45, 7) is 2.20. The van der Waals surface area contributed by atoms with E-state index in [0.29, 0.717) is 23.4 Å². The maximum absolute atomic E-state index is 15.2. The predicted molar refractivity (Wildman–Crippen MR) is 111 cm³/mol. The van der Waals surface area contributed by atoms with Crippen LogP contribution in [0.2, 0.25) is 0 Å². The lowest BCUT2D eigenvalue weighted by Gasteiger charge is -2.28. The summed E-state index contributed by atoms with van der Waals surface area (Å²) in [6.07, 6.45) is 0.480. The van der Waals surface area contributed by atoms with Gasteiger partial charge in [-0.2, -0.15) is 0 Å². The number of ether oxygens (including phenoxy) is 1. The molecule has 1 aliphatic carbocycles. The standard InChI is InChI=1S/C25H22F6O/c1-2-14-3-5-15(6-4-14)16-7-9-19-17(11-16)8-10-20(23(19)28)18-12-21(26)24(22(27)13-18)32-25(29,30)31/h7-15H,2-6H2,1H3/t14-,15-. The monoisotopic (exact) mass is 452 g/mol. The summed E-state index contributed by atoms with van der Waals surface area (Å²) in [6, 6.07) is 9.79. The third-order valence-corrected chi connectivity index (χ3v) is 6.40. The Morgan fingerprint density at radius 2 is 1.53 bits per heavy atom. The Bertz CT molecular complexity index is 1110. The molecule has 0 radical (unpaired) electrons. The number of hydrogen-bond donors (Lipinski definition) is 0. The summed E-state index contributed by atoms with van der Waals surface area (Å²) >= 11 is 0. The Kier molecular flexibility index (Phi) is 6.10. The minimum atomic E-state index is -5.25. The average Bonchev–Trinajstić information content (AvgIpc) is 2.75. The van der Waals surface area contributed by atoms with Gasteiger partial charge in [-0.15, -0.1) is 13.2 Å². The normalized spacial score (nSPS) is 19.3. The van der Waals surface area contributed by atoms with Gasteiger partial charge in [-0.25, -0.2) is 13.2 Å². The highest BCUT2D eigenvalue weighted by Crippen LogP contribution is 2.39. The van der Waals surface area contributed by atoms with E-state index in [-0.39, 0.29) is 16.5 Å². The van der Waals surface area contributed by atoms with Gasteiger partial charge in [0.05, 0.1) is 0 Å². The van der Waals surface area contributed by atoms with Gasteiger partial charge in [-0.3, -0.25) is 0 Å². The molecule has 170 valence electrons. The fourth-order valence-electron chi connectivity index (χ4n) is 4.62. The SMILES string of the molecule is CC[C@H]1CC[C@H](c2ccc3c(F)c(-c4cc(F)c(OC(F)(F)F)c(F)c4)ccc3c2)CC1. The molecule has 0 aliphatic heterocycles. The molecule has 0 N–H and O–H groups in total. The zero-order chi connectivity index (χ0) is 23.0. The molecule has 0 aromatic heterocycles. The second-order valence-electron chi connectivity index (χ2n) is 8.35. The van der Waals surface area contributed by atoms with Gasteiger partial charge < -0.3 is 4.74 Å². The Labute approximate surface area is 182 Å². The van der Waals surface area contributed by atoms with Crippen molar-refractivity contribution in [2.24, 2.45) is 5.92 Å². The molecular weight excluding hydrogens is 430 g/mol. The zero-order valence-corrected chi connectivity index (χ0v) is 17.4. The van der Waals surface area contributed by atoms with Gasteiger partial charge in [-0.05, 0) is 66.2 Å². The molecule has 0 atom stereocenters. The van der Waals surface area contributed by atoms with Crippen molar-refractivity contribution in [2.45, 2.75) is 51.3 Å². The molecule has 0 amide bonds. The number of hydrogen-bond acceptors (Lipinski definition) is 1. The predicted octanol–water partition coefficient (Wildman–Crippen LogP) is 8.51. The topological polar surface area (TPSA) is 9.23 Å². The Balaban J connectivity index is 1.66. The maximum Gasteiger partial charge on any atom is 0.573 e. The van der Waals surface area contributed by atoms with Crippen molar-refractivity contribution in [1.29, 1.82) is 0 Å². The fraction of sp³-hybridized carbons (Fsp3) is 0.360. The summed E-state index contributed by atoms with van der Waals surface area (Å²) in [4.78, 5) is 0. The zero-order valence-electron chi connectivity index (χ0n) is 17.4. The molecule has 1 nitrogen and oxygen atoms in total. The quantitative estimate of drug-likeness (QED) is 0.361. The van der Waals surface area contributed by atoms with Crippen LogP contribution in [-0.4, -0.2) is 6.36 Å². The molecule has 1 saturated carbocycles. The van der Waals surface area contributed by atoms with E-state index in [0.717, 1.165) is 24.3 Å². The van der Waals surface area contributed by atoms with Crippen LogP contribution in [0.4, 0.5) is 26.3 Å². The lowest BCUT2D eigenvalue weighted by molar-refractivity contribution is -0.276. The minimum Gasteiger partial charge on any atom is -0.399 e. The highest BCUT2D eigenvalue weighted by Gasteiger charge is 2.34. The second kappa shape index (κ2) is 8.68. The molecule has 0 spiro atoms. The molecule has 0 unspecified atom stereocenters. The van der Waals surface area contributed by atoms with Crippen LogP contribution in [0.25, 0.3) is 21.9 Å². The first-order chi connectivity index (χ1) is 15.2. The summed E-state index contributed by atoms with van der Waals surface area (Å²) < 4.78 is 83.9. The van der Waals surface area contributed by atoms with Crippen molar-refractivity contribution in [3.8, 4) is 16.9 Å². The molecule has 0 saturated heterocycles. The molecular formula is C25H22F6O. The molecule has 1 aliphatic rings. The lowest BCUT2D eigenvalue weighted by Crippen LogP contribution is -2.19. The number of benzene rings is 3. The highest BCUT2D eigenvalue weighted by atomic mass is 19.4. The van der Waals surface area contributed by atoms with Crippen LogP contribution in [0.5, 0.6) is 5.75 Å². The van der Waals surface area contributed by atoms with Gasteiger partial charge in [0.2, 0.25) is 5.75 Å². The van der Waals surface area contributed by atoms with Gasteiger partial charge in [0.25, 0.3) is 0 Å². The third kappa shape index (κ3) is 4.57. The molecule has 4 rings (SSSR count). The van der Waals surface area contributed by atoms with Crippen molar-refractivity contribution >= 4 is 10.8 Å². The van der Waals surface area contributed by atoms with E-state index >= 15 is 4.39 Å². The van der Waals surface area contributed by atoms with E-state index in [1.54, 1.807) is 12.1 Å². The molecule has 0 bridgehead atoms. The summed E-state index contributed by atoms with van der Waals surface area (Å²) in [5, 5.41) is 0.948. The molecule has 3 aromatic rings. The van der Waals surface area contributed by atoms with Crippen LogP contribution < -0.4 is 4.74 Å². The van der Waals surface area contributed by atoms with Crippen molar-refractivity contribution in [3.05, 3.63) is 65.5 Å². The molecule has 32 heavy (non-hydrogen) atoms. The van der Waals surface area contributed by atoms with E-state index in [9.17, 15) is 22.0 Å².